The van der Waals surface area contributed by atoms with Crippen molar-refractivity contribution in [3.63, 3.8) is 0 Å². The molecule has 0 fully saturated rings. The smallest absolute Gasteiger partial charge is 0.219 e. The molecule has 10 aromatic rings. The van der Waals surface area contributed by atoms with Gasteiger partial charge in [0.25, 0.3) is 0 Å². The monoisotopic (exact) mass is 1150 g/mol. The molecule has 0 aliphatic rings. The molecule has 0 N–H and O–H groups in total. The van der Waals surface area contributed by atoms with Crippen LogP contribution in [-0.2, 0) is 0 Å². The van der Waals surface area contributed by atoms with E-state index in [4.69, 9.17) is 26.3 Å². The predicted molar refractivity (Wildman–Crippen MR) is 351 cm³/mol. The normalized spacial score (nSPS) is 10.8. The van der Waals surface area contributed by atoms with Gasteiger partial charge < -0.3 is 14.4 Å². The van der Waals surface area contributed by atoms with Crippen LogP contribution in [0.2, 0.25) is 5.02 Å². The summed E-state index contributed by atoms with van der Waals surface area (Å²) in [5.41, 5.74) is 9.25. The zero-order valence-corrected chi connectivity index (χ0v) is 52.9. The summed E-state index contributed by atoms with van der Waals surface area (Å²) in [4.78, 5) is 19.1. The molecule has 0 aliphatic heterocycles. The zero-order valence-electron chi connectivity index (χ0n) is 49.7. The van der Waals surface area contributed by atoms with Crippen LogP contribution in [-0.4, -0.2) is 35.3 Å². The van der Waals surface area contributed by atoms with Crippen molar-refractivity contribution in [1.29, 1.82) is 5.26 Å². The lowest BCUT2D eigenvalue weighted by Gasteiger charge is -2.17. The van der Waals surface area contributed by atoms with E-state index >= 15 is 0 Å². The predicted octanol–water partition coefficient (Wildman–Crippen LogP) is 21.8. The number of hydrogen-bond donors (Lipinski definition) is 0. The van der Waals surface area contributed by atoms with E-state index in [2.05, 4.69) is 201 Å². The molecule has 0 unspecified atom stereocenters. The molecular formula is C70H78ClN5O2S3. The molecular weight excluding hydrogens is 1070 g/mol. The molecule has 81 heavy (non-hydrogen) atoms. The van der Waals surface area contributed by atoms with Gasteiger partial charge in [-0.2, -0.15) is 5.26 Å². The molecule has 4 aromatic heterocycles. The summed E-state index contributed by atoms with van der Waals surface area (Å²) in [5.74, 6) is 5.62. The van der Waals surface area contributed by atoms with Crippen molar-refractivity contribution >= 4 is 72.6 Å². The molecule has 6 aromatic carbocycles. The van der Waals surface area contributed by atoms with Gasteiger partial charge in [0.2, 0.25) is 5.88 Å². The number of rotatable bonds is 12. The van der Waals surface area contributed by atoms with Gasteiger partial charge in [-0.25, -0.2) is 15.0 Å². The molecule has 0 saturated heterocycles. The molecule has 10 rings (SSSR count). The maximum Gasteiger partial charge on any atom is 0.219 e. The van der Waals surface area contributed by atoms with Gasteiger partial charge in [-0.3, -0.25) is 0 Å². The molecule has 0 bridgehead atoms. The van der Waals surface area contributed by atoms with Crippen LogP contribution in [0.25, 0.3) is 31.4 Å². The molecule has 4 heterocycles. The number of benzene rings is 6. The van der Waals surface area contributed by atoms with E-state index in [0.717, 1.165) is 32.9 Å². The third kappa shape index (κ3) is 18.0. The number of thiophene rings is 2. The van der Waals surface area contributed by atoms with E-state index in [1.807, 2.05) is 115 Å². The third-order valence-corrected chi connectivity index (χ3v) is 17.1. The first kappa shape index (κ1) is 63.2. The van der Waals surface area contributed by atoms with Crippen LogP contribution >= 0.6 is 46.0 Å². The van der Waals surface area contributed by atoms with Crippen molar-refractivity contribution in [1.82, 2.24) is 15.0 Å². The summed E-state index contributed by atoms with van der Waals surface area (Å²) in [6, 6.07) is 55.1. The number of nitrogens with zero attached hydrogens (tertiary/aromatic N) is 5. The van der Waals surface area contributed by atoms with Crippen molar-refractivity contribution in [2.75, 3.05) is 25.3 Å². The number of ether oxygens (including phenoxy) is 2. The Kier molecular flexibility index (Phi) is 24.0. The fourth-order valence-corrected chi connectivity index (χ4v) is 11.4. The van der Waals surface area contributed by atoms with Crippen molar-refractivity contribution < 1.29 is 9.47 Å². The zero-order chi connectivity index (χ0) is 58.8. The fourth-order valence-electron chi connectivity index (χ4n) is 8.72. The van der Waals surface area contributed by atoms with E-state index < -0.39 is 0 Å². The number of halogens is 1. The average Bonchev–Trinajstić information content (AvgIpc) is 4.35. The minimum Gasteiger partial charge on any atom is -0.456 e. The fraction of sp³-hybridized carbons (Fsp3) is 0.286. The lowest BCUT2D eigenvalue weighted by molar-refractivity contribution is 0.462. The van der Waals surface area contributed by atoms with E-state index in [1.54, 1.807) is 18.0 Å². The van der Waals surface area contributed by atoms with Crippen LogP contribution in [0.1, 0.15) is 142 Å². The second-order valence-electron chi connectivity index (χ2n) is 21.3. The molecule has 7 nitrogen and oxygen atoms in total. The molecule has 11 heteroatoms. The quantitative estimate of drug-likeness (QED) is 0.0884. The van der Waals surface area contributed by atoms with Gasteiger partial charge in [0, 0.05) is 63.1 Å². The van der Waals surface area contributed by atoms with Crippen LogP contribution in [0.15, 0.2) is 175 Å². The maximum atomic E-state index is 9.16. The number of pyridine rings is 1. The van der Waals surface area contributed by atoms with Gasteiger partial charge in [0.1, 0.15) is 23.3 Å². The number of fused-ring (bicyclic) bond motifs is 2. The summed E-state index contributed by atoms with van der Waals surface area (Å²) in [7, 11) is 4.19. The Morgan fingerprint density at radius 1 is 0.580 bits per heavy atom. The SMILES string of the molecule is CC(C)c1ccc(Oc2ccccn2)cc1.CC(C)c1cccc2c(N(C)C)cccc12.CSc1nccc(-c2ccc(C(C)C)s2)n1.Cc1c(C(C)C)sc2ccc(Cl)cc12.Cc1cccc(Oc2ccc(C(C)C)cc2)c1C#N. The average molecular weight is 1150 g/mol. The maximum absolute atomic E-state index is 9.16. The Hall–Kier alpha value is -7.00. The van der Waals surface area contributed by atoms with Crippen molar-refractivity contribution in [3.8, 4) is 39.8 Å². The highest BCUT2D eigenvalue weighted by atomic mass is 35.5. The lowest BCUT2D eigenvalue weighted by Crippen LogP contribution is -2.09. The van der Waals surface area contributed by atoms with Crippen LogP contribution in [0.3, 0.4) is 0 Å². The highest BCUT2D eigenvalue weighted by Gasteiger charge is 2.13. The second kappa shape index (κ2) is 30.7. The molecule has 0 saturated carbocycles. The number of aryl methyl sites for hydroxylation is 2. The summed E-state index contributed by atoms with van der Waals surface area (Å²) in [6.07, 6.45) is 5.54. The van der Waals surface area contributed by atoms with E-state index in [9.17, 15) is 0 Å². The first-order chi connectivity index (χ1) is 38.8. The number of thioether (sulfide) groups is 1. The summed E-state index contributed by atoms with van der Waals surface area (Å²) < 4.78 is 12.7. The van der Waals surface area contributed by atoms with Crippen molar-refractivity contribution in [2.45, 2.75) is 118 Å². The Morgan fingerprint density at radius 3 is 1.79 bits per heavy atom. The van der Waals surface area contributed by atoms with Gasteiger partial charge in [-0.05, 0) is 167 Å². The summed E-state index contributed by atoms with van der Waals surface area (Å²) in [5, 5.41) is 14.9. The Balaban J connectivity index is 0.000000164. The highest BCUT2D eigenvalue weighted by molar-refractivity contribution is 7.98. The molecule has 0 radical (unpaired) electrons. The minimum atomic E-state index is 0.502. The Bertz CT molecular complexity index is 3550. The number of nitriles is 1. The largest absolute Gasteiger partial charge is 0.456 e. The minimum absolute atomic E-state index is 0.502. The van der Waals surface area contributed by atoms with Crippen molar-refractivity contribution in [3.05, 3.63) is 218 Å². The Morgan fingerprint density at radius 2 is 1.22 bits per heavy atom. The van der Waals surface area contributed by atoms with Crippen LogP contribution < -0.4 is 14.4 Å². The van der Waals surface area contributed by atoms with Gasteiger partial charge in [-0.15, -0.1) is 22.7 Å². The topological polar surface area (TPSA) is 84.2 Å². The number of hydrogen-bond acceptors (Lipinski definition) is 10. The lowest BCUT2D eigenvalue weighted by atomic mass is 9.95. The molecule has 0 spiro atoms. The first-order valence-electron chi connectivity index (χ1n) is 27.6. The Labute approximate surface area is 500 Å². The van der Waals surface area contributed by atoms with Crippen LogP contribution in [0, 0.1) is 25.2 Å². The number of anilines is 1. The van der Waals surface area contributed by atoms with Crippen molar-refractivity contribution in [2.24, 2.45) is 0 Å². The van der Waals surface area contributed by atoms with Gasteiger partial charge in [-0.1, -0.05) is 165 Å². The molecule has 0 aliphatic carbocycles. The standard InChI is InChI=1S/C17H17NO.C15H19N.C14H15NO.C12H13ClS.C12H14N2S2/c1-12(2)14-7-9-15(10-8-14)19-17-6-4-5-13(3)16(17)11-18;1-11(2)12-7-5-9-14-13(12)8-6-10-15(14)16(3)4;1-11(2)12-6-8-13(9-7-12)16-14-5-3-4-10-15-14;1-7(2)12-8(3)10-6-9(13)4-5-11(10)14-12;1-8(2)10-4-5-11(16-10)9-6-7-13-12(14-9)15-3/h4-10,12H,1-3H3;5-11H,1-4H3;3-11H,1-2H3;4-7H,1-3H3;4-8H,1-3H3. The molecule has 0 atom stereocenters. The highest BCUT2D eigenvalue weighted by Crippen LogP contribution is 2.37. The molecule has 0 amide bonds. The third-order valence-electron chi connectivity index (χ3n) is 13.3. The summed E-state index contributed by atoms with van der Waals surface area (Å²) in [6.45, 7) is 26.1. The van der Waals surface area contributed by atoms with Gasteiger partial charge >= 0.3 is 0 Å². The van der Waals surface area contributed by atoms with Gasteiger partial charge in [0.05, 0.1) is 16.1 Å². The van der Waals surface area contributed by atoms with Crippen LogP contribution in [0.4, 0.5) is 5.69 Å². The van der Waals surface area contributed by atoms with E-state index in [0.29, 0.717) is 46.8 Å². The molecule has 420 valence electrons. The van der Waals surface area contributed by atoms with Crippen LogP contribution in [0.5, 0.6) is 23.1 Å². The summed E-state index contributed by atoms with van der Waals surface area (Å²) >= 11 is 11.3. The van der Waals surface area contributed by atoms with Gasteiger partial charge in [0.15, 0.2) is 5.16 Å². The van der Waals surface area contributed by atoms with E-state index in [-0.39, 0.29) is 0 Å². The first-order valence-corrected chi connectivity index (χ1v) is 30.8. The van der Waals surface area contributed by atoms with E-state index in [1.165, 1.54) is 63.4 Å². The number of aromatic nitrogens is 3. The second-order valence-corrected chi connectivity index (χ2v) is 24.7.